The minimum atomic E-state index is 0.103. The first kappa shape index (κ1) is 21.5. The van der Waals surface area contributed by atoms with Crippen molar-refractivity contribution in [3.8, 4) is 0 Å². The first-order valence-electron chi connectivity index (χ1n) is 8.41. The first-order valence-corrected chi connectivity index (χ1v) is 9.39. The molecule has 0 fully saturated rings. The lowest BCUT2D eigenvalue weighted by Crippen LogP contribution is -2.27. The van der Waals surface area contributed by atoms with Gasteiger partial charge in [-0.1, -0.05) is 58.9 Å². The van der Waals surface area contributed by atoms with Crippen molar-refractivity contribution in [3.05, 3.63) is 35.8 Å². The fourth-order valence-electron chi connectivity index (χ4n) is 2.46. The molecule has 0 saturated carbocycles. The van der Waals surface area contributed by atoms with Crippen molar-refractivity contribution in [1.29, 1.82) is 0 Å². The highest BCUT2D eigenvalue weighted by Crippen LogP contribution is 2.29. The Morgan fingerprint density at radius 1 is 1.23 bits per heavy atom. The first-order chi connectivity index (χ1) is 10.0. The molecule has 22 heavy (non-hydrogen) atoms. The quantitative estimate of drug-likeness (QED) is 0.383. The lowest BCUT2D eigenvalue weighted by atomic mass is 9.82. The van der Waals surface area contributed by atoms with Gasteiger partial charge in [0.05, 0.1) is 0 Å². The fraction of sp³-hybridized carbons (Fsp3) is 0.700. The van der Waals surface area contributed by atoms with E-state index in [1.54, 1.807) is 11.8 Å². The van der Waals surface area contributed by atoms with Crippen LogP contribution >= 0.6 is 11.8 Å². The van der Waals surface area contributed by atoms with E-state index in [9.17, 15) is 0 Å². The average Bonchev–Trinajstić information content (AvgIpc) is 2.34. The zero-order chi connectivity index (χ0) is 17.3. The Bertz CT molecular complexity index is 374. The number of allylic oxidation sites excluding steroid dienone is 3. The van der Waals surface area contributed by atoms with E-state index in [0.29, 0.717) is 17.3 Å². The molecule has 0 spiro atoms. The molecular formula is C20H37NS. The summed E-state index contributed by atoms with van der Waals surface area (Å²) < 4.78 is 0. The van der Waals surface area contributed by atoms with Gasteiger partial charge in [0.25, 0.3) is 0 Å². The number of nitrogens with two attached hydrogens (primary N) is 1. The normalized spacial score (nSPS) is 15.3. The molecule has 0 radical (unpaired) electrons. The van der Waals surface area contributed by atoms with Crippen LogP contribution in [-0.4, -0.2) is 11.8 Å². The van der Waals surface area contributed by atoms with Crippen LogP contribution in [0.3, 0.4) is 0 Å². The molecule has 0 aromatic carbocycles. The van der Waals surface area contributed by atoms with Crippen LogP contribution in [-0.2, 0) is 0 Å². The SMILES string of the molecule is C=C(C)CC(/C=C/CCSC(=C)C(N)C(C)C)CC(C)(C)C. The highest BCUT2D eigenvalue weighted by Gasteiger charge is 2.16. The van der Waals surface area contributed by atoms with Crippen molar-refractivity contribution in [3.63, 3.8) is 0 Å². The lowest BCUT2D eigenvalue weighted by molar-refractivity contribution is 0.324. The van der Waals surface area contributed by atoms with Gasteiger partial charge in [0.2, 0.25) is 0 Å². The molecule has 2 unspecified atom stereocenters. The second kappa shape index (κ2) is 10.3. The van der Waals surface area contributed by atoms with E-state index >= 15 is 0 Å². The highest BCUT2D eigenvalue weighted by molar-refractivity contribution is 8.03. The van der Waals surface area contributed by atoms with E-state index in [4.69, 9.17) is 5.73 Å². The van der Waals surface area contributed by atoms with E-state index in [-0.39, 0.29) is 6.04 Å². The molecule has 2 heteroatoms. The monoisotopic (exact) mass is 323 g/mol. The number of thioether (sulfide) groups is 1. The van der Waals surface area contributed by atoms with Gasteiger partial charge in [0.1, 0.15) is 0 Å². The molecule has 0 aromatic heterocycles. The molecule has 1 nitrogen and oxygen atoms in total. The van der Waals surface area contributed by atoms with E-state index < -0.39 is 0 Å². The number of hydrogen-bond acceptors (Lipinski definition) is 2. The lowest BCUT2D eigenvalue weighted by Gasteiger charge is -2.24. The second-order valence-corrected chi connectivity index (χ2v) is 9.21. The molecule has 2 N–H and O–H groups in total. The Morgan fingerprint density at radius 2 is 1.82 bits per heavy atom. The number of hydrogen-bond donors (Lipinski definition) is 1. The molecule has 128 valence electrons. The third kappa shape index (κ3) is 11.1. The minimum Gasteiger partial charge on any atom is -0.323 e. The van der Waals surface area contributed by atoms with Gasteiger partial charge < -0.3 is 5.73 Å². The van der Waals surface area contributed by atoms with E-state index in [0.717, 1.165) is 23.5 Å². The van der Waals surface area contributed by atoms with Crippen LogP contribution in [0.1, 0.15) is 60.8 Å². The molecular weight excluding hydrogens is 286 g/mol. The molecule has 0 aromatic rings. The highest BCUT2D eigenvalue weighted by atomic mass is 32.2. The smallest absolute Gasteiger partial charge is 0.0372 e. The van der Waals surface area contributed by atoms with Gasteiger partial charge in [0.15, 0.2) is 0 Å². The molecule has 0 bridgehead atoms. The fourth-order valence-corrected chi connectivity index (χ4v) is 3.44. The molecule has 0 aliphatic rings. The predicted octanol–water partition coefficient (Wildman–Crippen LogP) is 6.18. The van der Waals surface area contributed by atoms with Crippen LogP contribution in [0.2, 0.25) is 0 Å². The maximum absolute atomic E-state index is 6.10. The topological polar surface area (TPSA) is 26.0 Å². The number of rotatable bonds is 10. The van der Waals surface area contributed by atoms with Crippen molar-refractivity contribution in [2.45, 2.75) is 66.8 Å². The average molecular weight is 324 g/mol. The van der Waals surface area contributed by atoms with Gasteiger partial charge in [-0.3, -0.25) is 0 Å². The molecule has 0 aliphatic heterocycles. The van der Waals surface area contributed by atoms with Crippen molar-refractivity contribution in [2.75, 3.05) is 5.75 Å². The summed E-state index contributed by atoms with van der Waals surface area (Å²) in [4.78, 5) is 1.11. The summed E-state index contributed by atoms with van der Waals surface area (Å²) in [5, 5.41) is 0. The van der Waals surface area contributed by atoms with Crippen LogP contribution in [0, 0.1) is 17.3 Å². The summed E-state index contributed by atoms with van der Waals surface area (Å²) in [6.07, 6.45) is 8.07. The Hall–Kier alpha value is -0.470. The molecule has 2 atom stereocenters. The van der Waals surface area contributed by atoms with E-state index in [1.165, 1.54) is 12.0 Å². The largest absolute Gasteiger partial charge is 0.323 e. The summed E-state index contributed by atoms with van der Waals surface area (Å²) in [5.41, 5.74) is 7.73. The molecule has 0 amide bonds. The molecule has 0 rings (SSSR count). The van der Waals surface area contributed by atoms with Crippen LogP contribution in [0.25, 0.3) is 0 Å². The van der Waals surface area contributed by atoms with Crippen LogP contribution in [0.15, 0.2) is 35.8 Å². The van der Waals surface area contributed by atoms with Gasteiger partial charge in [-0.2, -0.15) is 0 Å². The van der Waals surface area contributed by atoms with Crippen LogP contribution < -0.4 is 5.73 Å². The van der Waals surface area contributed by atoms with Crippen LogP contribution in [0.5, 0.6) is 0 Å². The second-order valence-electron chi connectivity index (χ2n) is 7.99. The van der Waals surface area contributed by atoms with Gasteiger partial charge in [0, 0.05) is 11.8 Å². The molecule has 0 heterocycles. The Kier molecular flexibility index (Phi) is 10.1. The van der Waals surface area contributed by atoms with Crippen molar-refractivity contribution < 1.29 is 0 Å². The van der Waals surface area contributed by atoms with Gasteiger partial charge in [-0.05, 0) is 48.3 Å². The zero-order valence-corrected chi connectivity index (χ0v) is 16.4. The Labute approximate surface area is 143 Å². The summed E-state index contributed by atoms with van der Waals surface area (Å²) in [5.74, 6) is 2.12. The Balaban J connectivity index is 4.25. The predicted molar refractivity (Wildman–Crippen MR) is 105 cm³/mol. The summed E-state index contributed by atoms with van der Waals surface area (Å²) in [6.45, 7) is 21.5. The standard InChI is InChI=1S/C20H37NS/c1-15(2)13-18(14-20(6,7)8)11-9-10-12-22-17(5)19(21)16(3)4/h9,11,16,18-19H,1,5,10,12-14,21H2,2-4,6-8H3/b11-9+. The minimum absolute atomic E-state index is 0.103. The molecule has 0 saturated heterocycles. The maximum atomic E-state index is 6.10. The summed E-state index contributed by atoms with van der Waals surface area (Å²) >= 11 is 1.80. The van der Waals surface area contributed by atoms with Crippen molar-refractivity contribution in [1.82, 2.24) is 0 Å². The van der Waals surface area contributed by atoms with E-state index in [2.05, 4.69) is 66.9 Å². The summed E-state index contributed by atoms with van der Waals surface area (Å²) in [6, 6.07) is 0.103. The van der Waals surface area contributed by atoms with Crippen molar-refractivity contribution in [2.24, 2.45) is 23.0 Å². The zero-order valence-electron chi connectivity index (χ0n) is 15.6. The van der Waals surface area contributed by atoms with Crippen LogP contribution in [0.4, 0.5) is 0 Å². The third-order valence-electron chi connectivity index (χ3n) is 3.56. The Morgan fingerprint density at radius 3 is 2.27 bits per heavy atom. The van der Waals surface area contributed by atoms with Gasteiger partial charge >= 0.3 is 0 Å². The molecule has 0 aliphatic carbocycles. The maximum Gasteiger partial charge on any atom is 0.0372 e. The van der Waals surface area contributed by atoms with Gasteiger partial charge in [-0.25, -0.2) is 0 Å². The third-order valence-corrected chi connectivity index (χ3v) is 4.64. The van der Waals surface area contributed by atoms with E-state index in [1.807, 2.05) is 0 Å². The summed E-state index contributed by atoms with van der Waals surface area (Å²) in [7, 11) is 0. The van der Waals surface area contributed by atoms with Gasteiger partial charge in [-0.15, -0.1) is 18.3 Å². The van der Waals surface area contributed by atoms with Crippen molar-refractivity contribution >= 4 is 11.8 Å².